The van der Waals surface area contributed by atoms with Crippen molar-refractivity contribution in [2.45, 2.75) is 0 Å². The molecule has 0 aromatic heterocycles. The van der Waals surface area contributed by atoms with Gasteiger partial charge in [-0.15, -0.1) is 12.4 Å². The van der Waals surface area contributed by atoms with Gasteiger partial charge in [-0.25, -0.2) is 0 Å². The van der Waals surface area contributed by atoms with Crippen LogP contribution < -0.4 is 0 Å². The van der Waals surface area contributed by atoms with Crippen LogP contribution in [0.5, 0.6) is 0 Å². The van der Waals surface area contributed by atoms with Crippen LogP contribution in [0.4, 0.5) is 0 Å². The monoisotopic (exact) mass is 416 g/mol. The normalized spacial score (nSPS) is 0. The molecule has 0 aliphatic carbocycles. The Balaban J connectivity index is 0. The van der Waals surface area contributed by atoms with Gasteiger partial charge in [0.15, 0.2) is 0 Å². The number of halogens is 1. The Morgan fingerprint density at radius 3 is 0.500 bits per heavy atom. The van der Waals surface area contributed by atoms with Crippen molar-refractivity contribution in [1.82, 2.24) is 0 Å². The predicted octanol–water partition coefficient (Wildman–Crippen LogP) is 0.0654. The van der Waals surface area contributed by atoms with E-state index in [0.29, 0.717) is 0 Å². The van der Waals surface area contributed by atoms with Crippen molar-refractivity contribution in [3.8, 4) is 0 Å². The molecular formula is HClEr2O3. The Kier molecular flexibility index (Phi) is 573. The van der Waals surface area contributed by atoms with Gasteiger partial charge in [0, 0.05) is 0 Å². The predicted molar refractivity (Wildman–Crippen MR) is 9.31 cm³/mol. The molecule has 0 atom stereocenters. The molecule has 50 valence electrons. The SMILES string of the molecule is Cl.[Er+3].[Er+3].[O-2].[O-2].[O-2]. The Labute approximate surface area is 101 Å². The van der Waals surface area contributed by atoms with E-state index < -0.39 is 0 Å². The van der Waals surface area contributed by atoms with Gasteiger partial charge in [0.2, 0.25) is 0 Å². The Bertz CT molecular complexity index is 8.75. The minimum absolute atomic E-state index is 0. The fourth-order valence-corrected chi connectivity index (χ4v) is 0. The molecule has 0 amide bonds. The molecule has 0 bridgehead atoms. The molecule has 6 heteroatoms. The summed E-state index contributed by atoms with van der Waals surface area (Å²) < 4.78 is 0. The van der Waals surface area contributed by atoms with Gasteiger partial charge in [0.1, 0.15) is 0 Å². The Morgan fingerprint density at radius 1 is 0.500 bits per heavy atom. The van der Waals surface area contributed by atoms with Gasteiger partial charge in [-0.1, -0.05) is 0 Å². The van der Waals surface area contributed by atoms with Crippen LogP contribution in [0.1, 0.15) is 0 Å². The van der Waals surface area contributed by atoms with E-state index >= 15 is 0 Å². The van der Waals surface area contributed by atoms with Crippen LogP contribution in [-0.2, 0) is 16.4 Å². The average molecular weight is 419 g/mol. The molecule has 0 rings (SSSR count). The van der Waals surface area contributed by atoms with Crippen LogP contribution in [0.3, 0.4) is 0 Å². The zero-order chi connectivity index (χ0) is 0. The van der Waals surface area contributed by atoms with E-state index in [2.05, 4.69) is 0 Å². The molecule has 0 N–H and O–H groups in total. The van der Waals surface area contributed by atoms with Gasteiger partial charge in [0.25, 0.3) is 0 Å². The number of hydrogen-bond donors (Lipinski definition) is 0. The van der Waals surface area contributed by atoms with Crippen molar-refractivity contribution >= 4 is 12.4 Å². The molecule has 6 heavy (non-hydrogen) atoms. The van der Waals surface area contributed by atoms with Crippen LogP contribution in [-0.4, -0.2) is 0 Å². The van der Waals surface area contributed by atoms with E-state index in [-0.39, 0.29) is 103 Å². The zero-order valence-corrected chi connectivity index (χ0v) is 6.73. The molecule has 0 unspecified atom stereocenters. The molecule has 0 spiro atoms. The topological polar surface area (TPSA) is 85.5 Å². The summed E-state index contributed by atoms with van der Waals surface area (Å²) in [4.78, 5) is 0. The third-order valence-electron chi connectivity index (χ3n) is 0. The summed E-state index contributed by atoms with van der Waals surface area (Å²) in [7, 11) is 0. The molecule has 0 fully saturated rings. The zero-order valence-electron chi connectivity index (χ0n) is 2.21. The first kappa shape index (κ1) is 71.7. The maximum absolute atomic E-state index is 0. The summed E-state index contributed by atoms with van der Waals surface area (Å²) in [6.45, 7) is 0. The number of hydrogen-bond acceptors (Lipinski definition) is 0. The van der Waals surface area contributed by atoms with Gasteiger partial charge in [-0.3, -0.25) is 0 Å². The molecule has 0 aliphatic heterocycles. The molecule has 0 aliphatic rings. The third-order valence-corrected chi connectivity index (χ3v) is 0. The molecule has 3 nitrogen and oxygen atoms in total. The van der Waals surface area contributed by atoms with Gasteiger partial charge in [-0.05, 0) is 0 Å². The van der Waals surface area contributed by atoms with Crippen LogP contribution >= 0.6 is 12.4 Å². The van der Waals surface area contributed by atoms with E-state index in [4.69, 9.17) is 0 Å². The molecule has 0 aromatic carbocycles. The second-order valence-electron chi connectivity index (χ2n) is 0. The molecule has 2 radical (unpaired) electrons. The first-order chi connectivity index (χ1) is 0. The Morgan fingerprint density at radius 2 is 0.500 bits per heavy atom. The third kappa shape index (κ3) is 30.1. The summed E-state index contributed by atoms with van der Waals surface area (Å²) >= 11 is 0. The van der Waals surface area contributed by atoms with E-state index in [1.807, 2.05) is 0 Å². The second kappa shape index (κ2) is 48.0. The summed E-state index contributed by atoms with van der Waals surface area (Å²) in [6.07, 6.45) is 0. The molecule has 0 saturated carbocycles. The van der Waals surface area contributed by atoms with Crippen LogP contribution in [0.25, 0.3) is 0 Å². The quantitative estimate of drug-likeness (QED) is 0.533. The van der Waals surface area contributed by atoms with Crippen molar-refractivity contribution < 1.29 is 91.0 Å². The summed E-state index contributed by atoms with van der Waals surface area (Å²) in [5, 5.41) is 0. The summed E-state index contributed by atoms with van der Waals surface area (Å²) in [5.74, 6) is 0. The van der Waals surface area contributed by atoms with Crippen molar-refractivity contribution in [3.05, 3.63) is 0 Å². The van der Waals surface area contributed by atoms with Crippen LogP contribution in [0.15, 0.2) is 0 Å². The van der Waals surface area contributed by atoms with Gasteiger partial charge in [-0.2, -0.15) is 0 Å². The molecule has 0 aromatic rings. The minimum atomic E-state index is 0. The van der Waals surface area contributed by atoms with Crippen LogP contribution in [0.2, 0.25) is 0 Å². The molecule has 0 heterocycles. The fourth-order valence-electron chi connectivity index (χ4n) is 0. The van der Waals surface area contributed by atoms with E-state index in [1.54, 1.807) is 0 Å². The van der Waals surface area contributed by atoms with Gasteiger partial charge >= 0.3 is 74.6 Å². The van der Waals surface area contributed by atoms with Crippen LogP contribution in [0, 0.1) is 74.6 Å². The maximum atomic E-state index is 0. The fraction of sp³-hybridized carbons (Fsp3) is 0. The van der Waals surface area contributed by atoms with Crippen molar-refractivity contribution in [1.29, 1.82) is 0 Å². The number of rotatable bonds is 0. The van der Waals surface area contributed by atoms with E-state index in [1.165, 1.54) is 0 Å². The largest absolute Gasteiger partial charge is 3.00 e. The van der Waals surface area contributed by atoms with Gasteiger partial charge < -0.3 is 16.4 Å². The summed E-state index contributed by atoms with van der Waals surface area (Å²) in [6, 6.07) is 0. The maximum Gasteiger partial charge on any atom is 3.00 e. The van der Waals surface area contributed by atoms with Crippen molar-refractivity contribution in [3.63, 3.8) is 0 Å². The first-order valence-corrected chi connectivity index (χ1v) is 0. The standard InChI is InChI=1S/ClH.2Er.3O/h1H;;;;;/q;2*+3;3*-2. The van der Waals surface area contributed by atoms with Crippen molar-refractivity contribution in [2.75, 3.05) is 0 Å². The van der Waals surface area contributed by atoms with E-state index in [0.717, 1.165) is 0 Å². The average Bonchev–Trinajstić information content (AvgIpc) is 0. The molecule has 0 saturated heterocycles. The minimum Gasteiger partial charge on any atom is -2.00 e. The first-order valence-electron chi connectivity index (χ1n) is 0. The van der Waals surface area contributed by atoms with Crippen molar-refractivity contribution in [2.24, 2.45) is 0 Å². The smallest absolute Gasteiger partial charge is 2.00 e. The second-order valence-corrected chi connectivity index (χ2v) is 0. The molecular weight excluding hydrogens is 418 g/mol. The van der Waals surface area contributed by atoms with Gasteiger partial charge in [0.05, 0.1) is 0 Å². The Hall–Kier alpha value is 2.66. The summed E-state index contributed by atoms with van der Waals surface area (Å²) in [5.41, 5.74) is 0. The van der Waals surface area contributed by atoms with E-state index in [9.17, 15) is 0 Å².